The summed E-state index contributed by atoms with van der Waals surface area (Å²) in [6, 6.07) is 5.57. The van der Waals surface area contributed by atoms with Crippen LogP contribution in [-0.4, -0.2) is 56.5 Å². The second-order valence-corrected chi connectivity index (χ2v) is 4.66. The van der Waals surface area contributed by atoms with Crippen LogP contribution in [0.1, 0.15) is 5.56 Å². The molecule has 19 heavy (non-hydrogen) atoms. The van der Waals surface area contributed by atoms with Gasteiger partial charge in [-0.3, -0.25) is 15.0 Å². The maximum absolute atomic E-state index is 10.5. The van der Waals surface area contributed by atoms with E-state index >= 15 is 0 Å². The minimum absolute atomic E-state index is 0.0175. The van der Waals surface area contributed by atoms with E-state index < -0.39 is 23.2 Å². The standard InChI is InChI=1S/C12H16N2O5/c15-7-10-12(17)11(16)6-13(10)5-8-1-3-9(4-2-8)14(18)19/h1-4,10-12,15-17H,5-7H2/t10-,11+,12-/m1/s1. The summed E-state index contributed by atoms with van der Waals surface area (Å²) in [5, 5.41) is 39.0. The molecule has 0 amide bonds. The van der Waals surface area contributed by atoms with Crippen LogP contribution in [0.15, 0.2) is 24.3 Å². The Morgan fingerprint density at radius 1 is 1.32 bits per heavy atom. The van der Waals surface area contributed by atoms with Gasteiger partial charge in [-0.25, -0.2) is 0 Å². The highest BCUT2D eigenvalue weighted by Gasteiger charge is 2.39. The maximum atomic E-state index is 10.5. The monoisotopic (exact) mass is 268 g/mol. The van der Waals surface area contributed by atoms with Crippen LogP contribution in [-0.2, 0) is 6.54 Å². The van der Waals surface area contributed by atoms with Crippen LogP contribution in [0.5, 0.6) is 0 Å². The lowest BCUT2D eigenvalue weighted by Gasteiger charge is -2.23. The van der Waals surface area contributed by atoms with Crippen molar-refractivity contribution in [2.24, 2.45) is 0 Å². The zero-order valence-corrected chi connectivity index (χ0v) is 10.2. The molecule has 0 aromatic heterocycles. The Bertz CT molecular complexity index is 450. The van der Waals surface area contributed by atoms with Gasteiger partial charge in [0.1, 0.15) is 0 Å². The fourth-order valence-electron chi connectivity index (χ4n) is 2.32. The van der Waals surface area contributed by atoms with Crippen LogP contribution in [0.25, 0.3) is 0 Å². The molecule has 7 heteroatoms. The lowest BCUT2D eigenvalue weighted by Crippen LogP contribution is -2.38. The van der Waals surface area contributed by atoms with Gasteiger partial charge in [-0.15, -0.1) is 0 Å². The molecule has 3 N–H and O–H groups in total. The van der Waals surface area contributed by atoms with Gasteiger partial charge in [0.2, 0.25) is 0 Å². The van der Waals surface area contributed by atoms with Crippen LogP contribution in [0.3, 0.4) is 0 Å². The Hall–Kier alpha value is -1.54. The van der Waals surface area contributed by atoms with Gasteiger partial charge in [-0.1, -0.05) is 12.1 Å². The van der Waals surface area contributed by atoms with Gasteiger partial charge in [-0.05, 0) is 5.56 Å². The normalized spacial score (nSPS) is 27.6. The van der Waals surface area contributed by atoms with Crippen molar-refractivity contribution in [3.8, 4) is 0 Å². The third kappa shape index (κ3) is 2.90. The van der Waals surface area contributed by atoms with Crippen molar-refractivity contribution in [3.63, 3.8) is 0 Å². The number of nitro groups is 1. The van der Waals surface area contributed by atoms with Gasteiger partial charge < -0.3 is 15.3 Å². The number of aliphatic hydroxyl groups is 3. The Balaban J connectivity index is 2.06. The molecule has 0 radical (unpaired) electrons. The zero-order chi connectivity index (χ0) is 14.0. The highest BCUT2D eigenvalue weighted by Crippen LogP contribution is 2.22. The van der Waals surface area contributed by atoms with Crippen LogP contribution in [0.4, 0.5) is 5.69 Å². The first-order valence-electron chi connectivity index (χ1n) is 5.97. The minimum atomic E-state index is -0.969. The first kappa shape index (κ1) is 13.9. The number of nitro benzene ring substituents is 1. The number of β-amino-alcohol motifs (C(OH)–C–C–N with tert-alkyl or cyclic N) is 1. The molecule has 0 unspecified atom stereocenters. The fraction of sp³-hybridized carbons (Fsp3) is 0.500. The molecule has 1 aromatic rings. The number of nitrogens with zero attached hydrogens (tertiary/aromatic N) is 2. The second-order valence-electron chi connectivity index (χ2n) is 4.66. The van der Waals surface area contributed by atoms with Gasteiger partial charge >= 0.3 is 0 Å². The van der Waals surface area contributed by atoms with Crippen molar-refractivity contribution in [2.45, 2.75) is 24.8 Å². The molecule has 104 valence electrons. The van der Waals surface area contributed by atoms with Crippen molar-refractivity contribution >= 4 is 5.69 Å². The highest BCUT2D eigenvalue weighted by molar-refractivity contribution is 5.32. The van der Waals surface area contributed by atoms with Crippen molar-refractivity contribution in [3.05, 3.63) is 39.9 Å². The number of rotatable bonds is 4. The smallest absolute Gasteiger partial charge is 0.269 e. The first-order valence-corrected chi connectivity index (χ1v) is 5.97. The number of aliphatic hydroxyl groups excluding tert-OH is 3. The molecule has 2 rings (SSSR count). The largest absolute Gasteiger partial charge is 0.395 e. The molecule has 1 fully saturated rings. The Labute approximate surface area is 109 Å². The highest BCUT2D eigenvalue weighted by atomic mass is 16.6. The number of hydrogen-bond donors (Lipinski definition) is 3. The average Bonchev–Trinajstić information content (AvgIpc) is 2.65. The third-order valence-electron chi connectivity index (χ3n) is 3.40. The molecule has 0 aliphatic carbocycles. The molecule has 1 aliphatic heterocycles. The van der Waals surface area contributed by atoms with E-state index in [-0.39, 0.29) is 18.8 Å². The van der Waals surface area contributed by atoms with Gasteiger partial charge in [-0.2, -0.15) is 0 Å². The van der Waals surface area contributed by atoms with E-state index in [1.807, 2.05) is 0 Å². The summed E-state index contributed by atoms with van der Waals surface area (Å²) >= 11 is 0. The minimum Gasteiger partial charge on any atom is -0.395 e. The van der Waals surface area contributed by atoms with Gasteiger partial charge in [0.05, 0.1) is 29.8 Å². The number of non-ortho nitro benzene ring substituents is 1. The summed E-state index contributed by atoms with van der Waals surface area (Å²) in [5.74, 6) is 0. The second kappa shape index (κ2) is 5.62. The third-order valence-corrected chi connectivity index (χ3v) is 3.40. The number of likely N-dealkylation sites (tertiary alicyclic amines) is 1. The Morgan fingerprint density at radius 2 is 1.95 bits per heavy atom. The molecule has 1 aliphatic rings. The van der Waals surface area contributed by atoms with Crippen molar-refractivity contribution in [1.82, 2.24) is 4.90 Å². The topological polar surface area (TPSA) is 107 Å². The molecule has 0 spiro atoms. The van der Waals surface area contributed by atoms with Gasteiger partial charge in [0.15, 0.2) is 0 Å². The molecular formula is C12H16N2O5. The number of hydrogen-bond acceptors (Lipinski definition) is 6. The van der Waals surface area contributed by atoms with E-state index in [1.165, 1.54) is 12.1 Å². The number of benzene rings is 1. The van der Waals surface area contributed by atoms with E-state index in [1.54, 1.807) is 17.0 Å². The summed E-state index contributed by atoms with van der Waals surface area (Å²) in [6.45, 7) is 0.436. The van der Waals surface area contributed by atoms with E-state index in [4.69, 9.17) is 0 Å². The molecule has 7 nitrogen and oxygen atoms in total. The van der Waals surface area contributed by atoms with Crippen LogP contribution >= 0.6 is 0 Å². The van der Waals surface area contributed by atoms with Gasteiger partial charge in [0, 0.05) is 25.2 Å². The first-order chi connectivity index (χ1) is 9.02. The average molecular weight is 268 g/mol. The quantitative estimate of drug-likeness (QED) is 0.501. The van der Waals surface area contributed by atoms with E-state index in [0.717, 1.165) is 5.56 Å². The Kier molecular flexibility index (Phi) is 4.11. The molecule has 0 bridgehead atoms. The lowest BCUT2D eigenvalue weighted by molar-refractivity contribution is -0.384. The SMILES string of the molecule is O=[N+]([O-])c1ccc(CN2C[C@H](O)[C@H](O)[C@H]2CO)cc1. The van der Waals surface area contributed by atoms with Crippen molar-refractivity contribution < 1.29 is 20.2 Å². The van der Waals surface area contributed by atoms with Gasteiger partial charge in [0.25, 0.3) is 5.69 Å². The van der Waals surface area contributed by atoms with Crippen LogP contribution in [0.2, 0.25) is 0 Å². The Morgan fingerprint density at radius 3 is 2.47 bits per heavy atom. The van der Waals surface area contributed by atoms with E-state index in [9.17, 15) is 25.4 Å². The molecular weight excluding hydrogens is 252 g/mol. The van der Waals surface area contributed by atoms with E-state index in [0.29, 0.717) is 6.54 Å². The van der Waals surface area contributed by atoms with Crippen LogP contribution < -0.4 is 0 Å². The predicted molar refractivity (Wildman–Crippen MR) is 66.4 cm³/mol. The predicted octanol–water partition coefficient (Wildman–Crippen LogP) is -0.507. The summed E-state index contributed by atoms with van der Waals surface area (Å²) in [5.41, 5.74) is 0.842. The zero-order valence-electron chi connectivity index (χ0n) is 10.2. The summed E-state index contributed by atoms with van der Waals surface area (Å²) in [7, 11) is 0. The lowest BCUT2D eigenvalue weighted by atomic mass is 10.1. The van der Waals surface area contributed by atoms with E-state index in [2.05, 4.69) is 0 Å². The summed E-state index contributed by atoms with van der Waals surface area (Å²) in [6.07, 6.45) is -1.85. The molecule has 1 saturated heterocycles. The molecule has 1 aromatic carbocycles. The van der Waals surface area contributed by atoms with Crippen LogP contribution in [0, 0.1) is 10.1 Å². The molecule has 1 heterocycles. The molecule has 3 atom stereocenters. The summed E-state index contributed by atoms with van der Waals surface area (Å²) in [4.78, 5) is 11.8. The summed E-state index contributed by atoms with van der Waals surface area (Å²) < 4.78 is 0. The van der Waals surface area contributed by atoms with Crippen molar-refractivity contribution in [2.75, 3.05) is 13.2 Å². The van der Waals surface area contributed by atoms with Crippen molar-refractivity contribution in [1.29, 1.82) is 0 Å². The molecule has 0 saturated carbocycles. The fourth-order valence-corrected chi connectivity index (χ4v) is 2.32. The maximum Gasteiger partial charge on any atom is 0.269 e.